The lowest BCUT2D eigenvalue weighted by Crippen LogP contribution is -2.23. The number of aryl methyl sites for hydroxylation is 2. The number of rotatable bonds is 2. The van der Waals surface area contributed by atoms with Gasteiger partial charge in [-0.2, -0.15) is 0 Å². The van der Waals surface area contributed by atoms with Crippen molar-refractivity contribution in [2.45, 2.75) is 39.7 Å². The van der Waals surface area contributed by atoms with Gasteiger partial charge in [-0.3, -0.25) is 9.36 Å². The fourth-order valence-corrected chi connectivity index (χ4v) is 3.51. The Hall–Kier alpha value is -2.49. The minimum atomic E-state index is -0.00298. The first kappa shape index (κ1) is 15.1. The second-order valence-electron chi connectivity index (χ2n) is 6.92. The van der Waals surface area contributed by atoms with Crippen molar-refractivity contribution in [3.8, 4) is 0 Å². The predicted octanol–water partition coefficient (Wildman–Crippen LogP) is 3.27. The van der Waals surface area contributed by atoms with Crippen molar-refractivity contribution in [1.82, 2.24) is 14.5 Å². The van der Waals surface area contributed by atoms with E-state index in [1.54, 1.807) is 10.9 Å². The maximum Gasteiger partial charge on any atom is 0.263 e. The number of hydrogen-bond acceptors (Lipinski definition) is 3. The Kier molecular flexibility index (Phi) is 3.68. The number of pyridine rings is 1. The smallest absolute Gasteiger partial charge is 0.263 e. The molecule has 1 aliphatic rings. The average Bonchev–Trinajstić information content (AvgIpc) is 2.58. The van der Waals surface area contributed by atoms with Gasteiger partial charge in [0.15, 0.2) is 5.65 Å². The van der Waals surface area contributed by atoms with E-state index in [0.29, 0.717) is 23.5 Å². The van der Waals surface area contributed by atoms with Crippen LogP contribution in [0.2, 0.25) is 0 Å². The number of nitrogens with zero attached hydrogens (tertiary/aromatic N) is 3. The molecular weight excluding hydrogens is 298 g/mol. The van der Waals surface area contributed by atoms with E-state index in [-0.39, 0.29) is 5.56 Å². The molecule has 0 saturated heterocycles. The summed E-state index contributed by atoms with van der Waals surface area (Å²) in [6.45, 7) is 4.86. The molecule has 0 unspecified atom stereocenters. The van der Waals surface area contributed by atoms with Gasteiger partial charge in [0.1, 0.15) is 6.33 Å². The Labute approximate surface area is 141 Å². The second-order valence-corrected chi connectivity index (χ2v) is 6.92. The SMILES string of the molecule is Cc1ccccc1Cn1cnc2nc3c(cc2c1=O)C[C@@H](C)CC3. The van der Waals surface area contributed by atoms with Gasteiger partial charge in [-0.1, -0.05) is 31.2 Å². The Morgan fingerprint density at radius 3 is 2.96 bits per heavy atom. The molecule has 2 aromatic heterocycles. The zero-order valence-electron chi connectivity index (χ0n) is 14.1. The zero-order valence-corrected chi connectivity index (χ0v) is 14.1. The van der Waals surface area contributed by atoms with E-state index in [9.17, 15) is 4.79 Å². The standard InChI is InChI=1S/C20H21N3O/c1-13-7-8-18-16(9-13)10-17-19(22-18)21-12-23(20(17)24)11-15-6-4-3-5-14(15)2/h3-6,10,12-13H,7-9,11H2,1-2H3/t13-/m0/s1. The Bertz CT molecular complexity index is 974. The summed E-state index contributed by atoms with van der Waals surface area (Å²) in [6, 6.07) is 10.2. The summed E-state index contributed by atoms with van der Waals surface area (Å²) in [5.41, 5.74) is 5.23. The van der Waals surface area contributed by atoms with E-state index in [4.69, 9.17) is 0 Å². The quantitative estimate of drug-likeness (QED) is 0.728. The van der Waals surface area contributed by atoms with E-state index in [0.717, 1.165) is 30.5 Å². The minimum Gasteiger partial charge on any atom is -0.294 e. The van der Waals surface area contributed by atoms with Gasteiger partial charge in [0, 0.05) is 5.69 Å². The van der Waals surface area contributed by atoms with Gasteiger partial charge >= 0.3 is 0 Å². The van der Waals surface area contributed by atoms with Crippen LogP contribution in [-0.4, -0.2) is 14.5 Å². The highest BCUT2D eigenvalue weighted by Crippen LogP contribution is 2.25. The fourth-order valence-electron chi connectivity index (χ4n) is 3.51. The van der Waals surface area contributed by atoms with Crippen LogP contribution in [0.1, 0.15) is 35.7 Å². The molecule has 0 saturated carbocycles. The van der Waals surface area contributed by atoms with Crippen LogP contribution in [0.15, 0.2) is 41.5 Å². The highest BCUT2D eigenvalue weighted by atomic mass is 16.1. The summed E-state index contributed by atoms with van der Waals surface area (Å²) in [6.07, 6.45) is 4.78. The molecule has 122 valence electrons. The van der Waals surface area contributed by atoms with Crippen molar-refractivity contribution in [1.29, 1.82) is 0 Å². The molecule has 2 heterocycles. The number of benzene rings is 1. The molecule has 0 fully saturated rings. The van der Waals surface area contributed by atoms with Crippen LogP contribution in [0.4, 0.5) is 0 Å². The molecule has 0 N–H and O–H groups in total. The van der Waals surface area contributed by atoms with Crippen molar-refractivity contribution in [2.75, 3.05) is 0 Å². The van der Waals surface area contributed by atoms with E-state index in [1.807, 2.05) is 18.2 Å². The van der Waals surface area contributed by atoms with E-state index >= 15 is 0 Å². The molecule has 3 aromatic rings. The molecule has 1 aliphatic carbocycles. The van der Waals surface area contributed by atoms with Crippen LogP contribution < -0.4 is 5.56 Å². The highest BCUT2D eigenvalue weighted by molar-refractivity contribution is 5.74. The van der Waals surface area contributed by atoms with Crippen LogP contribution in [0.5, 0.6) is 0 Å². The molecule has 0 aliphatic heterocycles. The normalized spacial score (nSPS) is 17.0. The van der Waals surface area contributed by atoms with Gasteiger partial charge in [-0.05, 0) is 54.9 Å². The van der Waals surface area contributed by atoms with Crippen molar-refractivity contribution < 1.29 is 0 Å². The molecular formula is C20H21N3O. The summed E-state index contributed by atoms with van der Waals surface area (Å²) >= 11 is 0. The lowest BCUT2D eigenvalue weighted by Gasteiger charge is -2.20. The van der Waals surface area contributed by atoms with Crippen LogP contribution >= 0.6 is 0 Å². The van der Waals surface area contributed by atoms with Crippen molar-refractivity contribution in [3.63, 3.8) is 0 Å². The number of fused-ring (bicyclic) bond motifs is 2. The second kappa shape index (κ2) is 5.86. The Balaban J connectivity index is 1.80. The predicted molar refractivity (Wildman–Crippen MR) is 95.3 cm³/mol. The van der Waals surface area contributed by atoms with Gasteiger partial charge < -0.3 is 0 Å². The monoisotopic (exact) mass is 319 g/mol. The maximum atomic E-state index is 12.9. The molecule has 0 spiro atoms. The summed E-state index contributed by atoms with van der Waals surface area (Å²) in [5.74, 6) is 0.655. The van der Waals surface area contributed by atoms with Crippen molar-refractivity contribution in [3.05, 3.63) is 69.4 Å². The fraction of sp³-hybridized carbons (Fsp3) is 0.350. The van der Waals surface area contributed by atoms with E-state index in [2.05, 4.69) is 35.9 Å². The summed E-state index contributed by atoms with van der Waals surface area (Å²) in [7, 11) is 0. The van der Waals surface area contributed by atoms with Gasteiger partial charge in [0.25, 0.3) is 5.56 Å². The summed E-state index contributed by atoms with van der Waals surface area (Å²) in [4.78, 5) is 22.0. The lowest BCUT2D eigenvalue weighted by molar-refractivity contribution is 0.495. The third-order valence-corrected chi connectivity index (χ3v) is 5.03. The minimum absolute atomic E-state index is 0.00298. The van der Waals surface area contributed by atoms with Crippen LogP contribution in [0, 0.1) is 12.8 Å². The third kappa shape index (κ3) is 2.62. The van der Waals surface area contributed by atoms with Crippen molar-refractivity contribution in [2.24, 2.45) is 5.92 Å². The molecule has 1 atom stereocenters. The maximum absolute atomic E-state index is 12.9. The van der Waals surface area contributed by atoms with Gasteiger partial charge in [-0.15, -0.1) is 0 Å². The molecule has 4 heteroatoms. The average molecular weight is 319 g/mol. The van der Waals surface area contributed by atoms with E-state index < -0.39 is 0 Å². The van der Waals surface area contributed by atoms with E-state index in [1.165, 1.54) is 11.1 Å². The Morgan fingerprint density at radius 2 is 2.12 bits per heavy atom. The number of aromatic nitrogens is 3. The molecule has 1 aromatic carbocycles. The summed E-state index contributed by atoms with van der Waals surface area (Å²) in [5, 5.41) is 0.638. The first-order valence-electron chi connectivity index (χ1n) is 8.54. The van der Waals surface area contributed by atoms with Gasteiger partial charge in [0.05, 0.1) is 11.9 Å². The molecule has 0 bridgehead atoms. The molecule has 4 rings (SSSR count). The van der Waals surface area contributed by atoms with Crippen molar-refractivity contribution >= 4 is 11.0 Å². The molecule has 4 nitrogen and oxygen atoms in total. The van der Waals surface area contributed by atoms with Gasteiger partial charge in [-0.25, -0.2) is 9.97 Å². The molecule has 0 amide bonds. The first-order valence-corrected chi connectivity index (χ1v) is 8.54. The molecule has 24 heavy (non-hydrogen) atoms. The number of hydrogen-bond donors (Lipinski definition) is 0. The van der Waals surface area contributed by atoms with Crippen LogP contribution in [-0.2, 0) is 19.4 Å². The Morgan fingerprint density at radius 1 is 1.29 bits per heavy atom. The van der Waals surface area contributed by atoms with Gasteiger partial charge in [0.2, 0.25) is 0 Å². The first-order chi connectivity index (χ1) is 11.6. The lowest BCUT2D eigenvalue weighted by atomic mass is 9.87. The third-order valence-electron chi connectivity index (χ3n) is 5.03. The topological polar surface area (TPSA) is 47.8 Å². The van der Waals surface area contributed by atoms with Crippen LogP contribution in [0.25, 0.3) is 11.0 Å². The largest absolute Gasteiger partial charge is 0.294 e. The summed E-state index contributed by atoms with van der Waals surface area (Å²) < 4.78 is 1.69. The highest BCUT2D eigenvalue weighted by Gasteiger charge is 2.18. The zero-order chi connectivity index (χ0) is 16.7. The van der Waals surface area contributed by atoms with Crippen LogP contribution in [0.3, 0.4) is 0 Å². The molecule has 0 radical (unpaired) electrons.